The Kier molecular flexibility index (Phi) is 5.12. The van der Waals surface area contributed by atoms with Gasteiger partial charge in [-0.3, -0.25) is 10.1 Å². The first kappa shape index (κ1) is 13.8. The Morgan fingerprint density at radius 3 is 2.69 bits per heavy atom. The third-order valence-electron chi connectivity index (χ3n) is 2.92. The van der Waals surface area contributed by atoms with Gasteiger partial charge in [-0.2, -0.15) is 11.8 Å². The zero-order valence-electron chi connectivity index (χ0n) is 10.7. The summed E-state index contributed by atoms with van der Waals surface area (Å²) in [4.78, 5) is 12.0. The van der Waals surface area contributed by atoms with E-state index in [1.807, 2.05) is 13.8 Å². The van der Waals surface area contributed by atoms with Gasteiger partial charge in [0.05, 0.1) is 6.61 Å². The monoisotopic (exact) mass is 245 g/mol. The van der Waals surface area contributed by atoms with Gasteiger partial charge in [-0.1, -0.05) is 6.92 Å². The van der Waals surface area contributed by atoms with Crippen molar-refractivity contribution in [1.29, 1.82) is 0 Å². The number of hydrogen-bond acceptors (Lipinski definition) is 4. The maximum absolute atomic E-state index is 12.0. The number of thioether (sulfide) groups is 1. The predicted molar refractivity (Wildman–Crippen MR) is 68.8 cm³/mol. The van der Waals surface area contributed by atoms with E-state index in [2.05, 4.69) is 18.5 Å². The van der Waals surface area contributed by atoms with E-state index in [-0.39, 0.29) is 5.97 Å². The first-order chi connectivity index (χ1) is 7.51. The van der Waals surface area contributed by atoms with Crippen LogP contribution >= 0.6 is 11.8 Å². The number of rotatable bonds is 7. The SMILES string of the molecule is CCOC(=O)C(C)(CC(C)SC)NC1CC1. The van der Waals surface area contributed by atoms with Gasteiger partial charge in [0.15, 0.2) is 0 Å². The maximum Gasteiger partial charge on any atom is 0.326 e. The van der Waals surface area contributed by atoms with Crippen LogP contribution in [0.1, 0.15) is 40.0 Å². The van der Waals surface area contributed by atoms with Crippen LogP contribution in [0, 0.1) is 0 Å². The molecule has 1 rings (SSSR count). The molecule has 16 heavy (non-hydrogen) atoms. The summed E-state index contributed by atoms with van der Waals surface area (Å²) in [5.74, 6) is -0.109. The van der Waals surface area contributed by atoms with E-state index in [4.69, 9.17) is 4.74 Å². The molecule has 0 bridgehead atoms. The van der Waals surface area contributed by atoms with Crippen LogP contribution in [0.3, 0.4) is 0 Å². The molecule has 4 heteroatoms. The molecule has 0 spiro atoms. The Labute approximate surface area is 103 Å². The number of carbonyl (C=O) groups is 1. The molecule has 2 unspecified atom stereocenters. The largest absolute Gasteiger partial charge is 0.465 e. The van der Waals surface area contributed by atoms with E-state index < -0.39 is 5.54 Å². The molecule has 0 aliphatic heterocycles. The minimum atomic E-state index is -0.514. The highest BCUT2D eigenvalue weighted by molar-refractivity contribution is 7.99. The van der Waals surface area contributed by atoms with Crippen LogP contribution < -0.4 is 5.32 Å². The molecule has 1 saturated carbocycles. The van der Waals surface area contributed by atoms with Gasteiger partial charge in [0.1, 0.15) is 5.54 Å². The summed E-state index contributed by atoms with van der Waals surface area (Å²) in [7, 11) is 0. The van der Waals surface area contributed by atoms with Crippen LogP contribution in [0.4, 0.5) is 0 Å². The second-order valence-electron chi connectivity index (χ2n) is 4.72. The van der Waals surface area contributed by atoms with Crippen LogP contribution in [0.15, 0.2) is 0 Å². The number of nitrogens with one attached hydrogen (secondary N) is 1. The van der Waals surface area contributed by atoms with Crippen molar-refractivity contribution in [3.63, 3.8) is 0 Å². The summed E-state index contributed by atoms with van der Waals surface area (Å²) in [6, 6.07) is 0.517. The number of carbonyl (C=O) groups excluding carboxylic acids is 1. The predicted octanol–water partition coefficient (Wildman–Crippen LogP) is 2.20. The van der Waals surface area contributed by atoms with E-state index in [1.54, 1.807) is 11.8 Å². The number of hydrogen-bond donors (Lipinski definition) is 1. The molecular formula is C12H23NO2S. The van der Waals surface area contributed by atoms with Crippen LogP contribution in [0.25, 0.3) is 0 Å². The Balaban J connectivity index is 2.61. The lowest BCUT2D eigenvalue weighted by atomic mass is 9.95. The summed E-state index contributed by atoms with van der Waals surface area (Å²) >= 11 is 1.79. The zero-order valence-corrected chi connectivity index (χ0v) is 11.5. The molecule has 1 aliphatic rings. The second-order valence-corrected chi connectivity index (χ2v) is 6.00. The van der Waals surface area contributed by atoms with Crippen molar-refractivity contribution < 1.29 is 9.53 Å². The lowest BCUT2D eigenvalue weighted by Crippen LogP contribution is -2.52. The fourth-order valence-electron chi connectivity index (χ4n) is 1.83. The van der Waals surface area contributed by atoms with Crippen LogP contribution in [-0.4, -0.2) is 35.7 Å². The fourth-order valence-corrected chi connectivity index (χ4v) is 2.33. The van der Waals surface area contributed by atoms with Gasteiger partial charge in [0.2, 0.25) is 0 Å². The highest BCUT2D eigenvalue weighted by atomic mass is 32.2. The normalized spacial score (nSPS) is 21.2. The summed E-state index contributed by atoms with van der Waals surface area (Å²) in [6.07, 6.45) is 5.27. The average molecular weight is 245 g/mol. The second kappa shape index (κ2) is 5.92. The Bertz CT molecular complexity index is 243. The Hall–Kier alpha value is -0.220. The topological polar surface area (TPSA) is 38.3 Å². The molecule has 2 atom stereocenters. The van der Waals surface area contributed by atoms with Crippen molar-refractivity contribution in [3.05, 3.63) is 0 Å². The minimum Gasteiger partial charge on any atom is -0.465 e. The smallest absolute Gasteiger partial charge is 0.326 e. The molecule has 0 amide bonds. The quantitative estimate of drug-likeness (QED) is 0.698. The summed E-state index contributed by atoms with van der Waals surface area (Å²) in [5.41, 5.74) is -0.514. The number of ether oxygens (including phenoxy) is 1. The van der Waals surface area contributed by atoms with Gasteiger partial charge in [0.25, 0.3) is 0 Å². The van der Waals surface area contributed by atoms with Gasteiger partial charge in [-0.15, -0.1) is 0 Å². The average Bonchev–Trinajstić information content (AvgIpc) is 3.01. The highest BCUT2D eigenvalue weighted by Gasteiger charge is 2.40. The Morgan fingerprint density at radius 1 is 1.62 bits per heavy atom. The third-order valence-corrected chi connectivity index (χ3v) is 3.90. The van der Waals surface area contributed by atoms with Gasteiger partial charge < -0.3 is 4.74 Å². The van der Waals surface area contributed by atoms with E-state index in [0.29, 0.717) is 17.9 Å². The summed E-state index contributed by atoms with van der Waals surface area (Å²) in [6.45, 7) is 6.43. The molecular weight excluding hydrogens is 222 g/mol. The summed E-state index contributed by atoms with van der Waals surface area (Å²) < 4.78 is 5.17. The standard InChI is InChI=1S/C12H23NO2S/c1-5-15-11(14)12(3,8-9(2)16-4)13-10-6-7-10/h9-10,13H,5-8H2,1-4H3. The molecule has 1 fully saturated rings. The molecule has 0 aromatic rings. The van der Waals surface area contributed by atoms with Crippen molar-refractivity contribution in [1.82, 2.24) is 5.32 Å². The minimum absolute atomic E-state index is 0.109. The molecule has 0 aromatic heterocycles. The molecule has 0 heterocycles. The van der Waals surface area contributed by atoms with Crippen molar-refractivity contribution in [3.8, 4) is 0 Å². The molecule has 0 saturated heterocycles. The van der Waals surface area contributed by atoms with E-state index in [1.165, 1.54) is 12.8 Å². The maximum atomic E-state index is 12.0. The fraction of sp³-hybridized carbons (Fsp3) is 0.917. The Morgan fingerprint density at radius 2 is 2.25 bits per heavy atom. The van der Waals surface area contributed by atoms with E-state index in [0.717, 1.165) is 6.42 Å². The lowest BCUT2D eigenvalue weighted by molar-refractivity contribution is -0.150. The highest BCUT2D eigenvalue weighted by Crippen LogP contribution is 2.28. The van der Waals surface area contributed by atoms with E-state index >= 15 is 0 Å². The number of esters is 1. The first-order valence-electron chi connectivity index (χ1n) is 5.99. The van der Waals surface area contributed by atoms with Gasteiger partial charge in [-0.05, 0) is 39.4 Å². The molecule has 3 nitrogen and oxygen atoms in total. The van der Waals surface area contributed by atoms with Gasteiger partial charge in [0, 0.05) is 11.3 Å². The van der Waals surface area contributed by atoms with Crippen LogP contribution in [-0.2, 0) is 9.53 Å². The van der Waals surface area contributed by atoms with Crippen molar-refractivity contribution in [2.75, 3.05) is 12.9 Å². The lowest BCUT2D eigenvalue weighted by Gasteiger charge is -2.30. The van der Waals surface area contributed by atoms with Crippen molar-refractivity contribution >= 4 is 17.7 Å². The van der Waals surface area contributed by atoms with Crippen molar-refractivity contribution in [2.24, 2.45) is 0 Å². The first-order valence-corrected chi connectivity index (χ1v) is 7.28. The molecule has 94 valence electrons. The van der Waals surface area contributed by atoms with Crippen LogP contribution in [0.5, 0.6) is 0 Å². The van der Waals surface area contributed by atoms with Gasteiger partial charge >= 0.3 is 5.97 Å². The molecule has 0 radical (unpaired) electrons. The molecule has 1 N–H and O–H groups in total. The summed E-state index contributed by atoms with van der Waals surface area (Å²) in [5, 5.41) is 3.89. The molecule has 0 aromatic carbocycles. The van der Waals surface area contributed by atoms with Gasteiger partial charge in [-0.25, -0.2) is 0 Å². The molecule has 1 aliphatic carbocycles. The van der Waals surface area contributed by atoms with Crippen LogP contribution in [0.2, 0.25) is 0 Å². The van der Waals surface area contributed by atoms with Crippen molar-refractivity contribution in [2.45, 2.75) is 56.9 Å². The third kappa shape index (κ3) is 3.98. The van der Waals surface area contributed by atoms with E-state index in [9.17, 15) is 4.79 Å². The zero-order chi connectivity index (χ0) is 12.2.